The molecule has 1 fully saturated rings. The zero-order valence-corrected chi connectivity index (χ0v) is 13.0. The van der Waals surface area contributed by atoms with Gasteiger partial charge in [0.05, 0.1) is 18.1 Å². The maximum absolute atomic E-state index is 13.0. The number of hydrogen-bond donors (Lipinski definition) is 1. The summed E-state index contributed by atoms with van der Waals surface area (Å²) in [5, 5.41) is 0. The first-order valence-corrected chi connectivity index (χ1v) is 7.85. The van der Waals surface area contributed by atoms with Gasteiger partial charge in [-0.3, -0.25) is 4.79 Å². The number of hydrogen-bond acceptors (Lipinski definition) is 3. The van der Waals surface area contributed by atoms with Gasteiger partial charge in [0.15, 0.2) is 0 Å². The molecule has 2 aliphatic rings. The van der Waals surface area contributed by atoms with E-state index in [0.717, 1.165) is 36.3 Å². The molecular formula is C17H24N2O2. The third-order valence-corrected chi connectivity index (χ3v) is 5.08. The van der Waals surface area contributed by atoms with Gasteiger partial charge in [0.2, 0.25) is 5.91 Å². The van der Waals surface area contributed by atoms with Crippen LogP contribution in [-0.2, 0) is 16.0 Å². The van der Waals surface area contributed by atoms with E-state index < -0.39 is 0 Å². The number of rotatable bonds is 1. The molecule has 4 nitrogen and oxygen atoms in total. The first-order valence-electron chi connectivity index (χ1n) is 7.85. The zero-order valence-electron chi connectivity index (χ0n) is 13.0. The molecule has 0 radical (unpaired) electrons. The number of carbonyl (C=O) groups excluding carboxylic acids is 1. The summed E-state index contributed by atoms with van der Waals surface area (Å²) >= 11 is 0. The molecule has 0 saturated carbocycles. The molecule has 3 rings (SSSR count). The quantitative estimate of drug-likeness (QED) is 0.808. The van der Waals surface area contributed by atoms with Gasteiger partial charge in [-0.05, 0) is 50.3 Å². The van der Waals surface area contributed by atoms with Gasteiger partial charge in [0.1, 0.15) is 0 Å². The molecule has 2 N–H and O–H groups in total. The fourth-order valence-electron chi connectivity index (χ4n) is 3.75. The van der Waals surface area contributed by atoms with Crippen molar-refractivity contribution in [2.75, 3.05) is 17.2 Å². The highest BCUT2D eigenvalue weighted by Gasteiger charge is 2.44. The van der Waals surface area contributed by atoms with Crippen molar-refractivity contribution < 1.29 is 9.53 Å². The summed E-state index contributed by atoms with van der Waals surface area (Å²) in [5.41, 5.74) is 8.97. The number of nitrogens with two attached hydrogens (primary N) is 1. The molecule has 4 atom stereocenters. The van der Waals surface area contributed by atoms with Gasteiger partial charge in [0, 0.05) is 17.9 Å². The highest BCUT2D eigenvalue weighted by Crippen LogP contribution is 2.37. The van der Waals surface area contributed by atoms with Crippen LogP contribution in [0.1, 0.15) is 32.8 Å². The van der Waals surface area contributed by atoms with Gasteiger partial charge in [-0.1, -0.05) is 13.0 Å². The second-order valence-electron chi connectivity index (χ2n) is 6.37. The Kier molecular flexibility index (Phi) is 3.66. The summed E-state index contributed by atoms with van der Waals surface area (Å²) in [7, 11) is 0. The molecule has 4 heteroatoms. The van der Waals surface area contributed by atoms with Crippen LogP contribution in [0.2, 0.25) is 0 Å². The lowest BCUT2D eigenvalue weighted by molar-refractivity contribution is -0.124. The number of nitrogen functional groups attached to an aromatic ring is 1. The van der Waals surface area contributed by atoms with Crippen LogP contribution < -0.4 is 10.6 Å². The van der Waals surface area contributed by atoms with Gasteiger partial charge >= 0.3 is 0 Å². The van der Waals surface area contributed by atoms with Crippen molar-refractivity contribution in [2.45, 2.75) is 45.8 Å². The molecule has 1 amide bonds. The summed E-state index contributed by atoms with van der Waals surface area (Å²) in [6.07, 6.45) is 2.04. The standard InChI is InChI=1S/C17H24N2O2/c1-10-11(2)21-12(3)16(10)17(20)19-9-5-6-13-14(18)7-4-8-15(13)19/h4,7-8,10-12,16H,5-6,9,18H2,1-3H3. The van der Waals surface area contributed by atoms with Crippen molar-refractivity contribution in [1.82, 2.24) is 0 Å². The lowest BCUT2D eigenvalue weighted by Crippen LogP contribution is -2.43. The van der Waals surface area contributed by atoms with Crippen LogP contribution in [0, 0.1) is 11.8 Å². The molecule has 114 valence electrons. The number of ether oxygens (including phenoxy) is 1. The number of benzene rings is 1. The molecule has 1 aromatic carbocycles. The molecule has 0 spiro atoms. The van der Waals surface area contributed by atoms with Crippen molar-refractivity contribution in [3.8, 4) is 0 Å². The molecule has 2 heterocycles. The normalized spacial score (nSPS) is 32.0. The smallest absolute Gasteiger partial charge is 0.233 e. The largest absolute Gasteiger partial charge is 0.398 e. The van der Waals surface area contributed by atoms with E-state index in [-0.39, 0.29) is 30.0 Å². The topological polar surface area (TPSA) is 55.6 Å². The highest BCUT2D eigenvalue weighted by atomic mass is 16.5. The van der Waals surface area contributed by atoms with E-state index in [1.807, 2.05) is 30.0 Å². The monoisotopic (exact) mass is 288 g/mol. The van der Waals surface area contributed by atoms with Gasteiger partial charge in [-0.2, -0.15) is 0 Å². The third kappa shape index (κ3) is 2.31. The summed E-state index contributed by atoms with van der Waals surface area (Å²) in [6.45, 7) is 6.95. The second-order valence-corrected chi connectivity index (χ2v) is 6.37. The molecular weight excluding hydrogens is 264 g/mol. The molecule has 0 aromatic heterocycles. The van der Waals surface area contributed by atoms with Gasteiger partial charge < -0.3 is 15.4 Å². The fourth-order valence-corrected chi connectivity index (χ4v) is 3.75. The molecule has 4 unspecified atom stereocenters. The number of nitrogens with zero attached hydrogens (tertiary/aromatic N) is 1. The summed E-state index contributed by atoms with van der Waals surface area (Å²) in [6, 6.07) is 5.86. The average Bonchev–Trinajstić information content (AvgIpc) is 2.71. The van der Waals surface area contributed by atoms with E-state index in [1.165, 1.54) is 0 Å². The summed E-state index contributed by atoms with van der Waals surface area (Å²) < 4.78 is 5.84. The lowest BCUT2D eigenvalue weighted by atomic mass is 9.87. The Morgan fingerprint density at radius 3 is 2.71 bits per heavy atom. The second kappa shape index (κ2) is 5.34. The van der Waals surface area contributed by atoms with Gasteiger partial charge in [0.25, 0.3) is 0 Å². The predicted octanol–water partition coefficient (Wildman–Crippen LogP) is 2.61. The molecule has 0 bridgehead atoms. The Morgan fingerprint density at radius 2 is 2.05 bits per heavy atom. The number of carbonyl (C=O) groups is 1. The van der Waals surface area contributed by atoms with Crippen LogP contribution in [0.3, 0.4) is 0 Å². The highest BCUT2D eigenvalue weighted by molar-refractivity contribution is 5.97. The van der Waals surface area contributed by atoms with Crippen LogP contribution >= 0.6 is 0 Å². The van der Waals surface area contributed by atoms with Crippen molar-refractivity contribution in [2.24, 2.45) is 11.8 Å². The molecule has 1 aromatic rings. The Balaban J connectivity index is 1.92. The number of anilines is 2. The van der Waals surface area contributed by atoms with Gasteiger partial charge in [-0.25, -0.2) is 0 Å². The maximum Gasteiger partial charge on any atom is 0.233 e. The number of amides is 1. The van der Waals surface area contributed by atoms with E-state index in [2.05, 4.69) is 13.8 Å². The fraction of sp³-hybridized carbons (Fsp3) is 0.588. The minimum absolute atomic E-state index is 0.0195. The minimum atomic E-state index is -0.0626. The van der Waals surface area contributed by atoms with E-state index in [0.29, 0.717) is 0 Å². The van der Waals surface area contributed by atoms with Crippen molar-refractivity contribution in [1.29, 1.82) is 0 Å². The Morgan fingerprint density at radius 1 is 1.29 bits per heavy atom. The zero-order chi connectivity index (χ0) is 15.1. The molecule has 2 aliphatic heterocycles. The Hall–Kier alpha value is -1.55. The third-order valence-electron chi connectivity index (χ3n) is 5.08. The lowest BCUT2D eigenvalue weighted by Gasteiger charge is -2.33. The van der Waals surface area contributed by atoms with E-state index in [1.54, 1.807) is 0 Å². The van der Waals surface area contributed by atoms with Crippen LogP contribution in [0.5, 0.6) is 0 Å². The summed E-state index contributed by atoms with van der Waals surface area (Å²) in [4.78, 5) is 15.0. The maximum atomic E-state index is 13.0. The van der Waals surface area contributed by atoms with Crippen LogP contribution in [-0.4, -0.2) is 24.7 Å². The first-order chi connectivity index (χ1) is 10.0. The molecule has 1 saturated heterocycles. The first kappa shape index (κ1) is 14.4. The van der Waals surface area contributed by atoms with Crippen molar-refractivity contribution >= 4 is 17.3 Å². The Bertz CT molecular complexity index is 558. The summed E-state index contributed by atoms with van der Waals surface area (Å²) in [5.74, 6) is 0.372. The van der Waals surface area contributed by atoms with Crippen LogP contribution in [0.4, 0.5) is 11.4 Å². The van der Waals surface area contributed by atoms with Crippen LogP contribution in [0.25, 0.3) is 0 Å². The average molecular weight is 288 g/mol. The van der Waals surface area contributed by atoms with E-state index in [4.69, 9.17) is 10.5 Å². The SMILES string of the molecule is CC1OC(C)C(C(=O)N2CCCc3c(N)cccc32)C1C. The van der Waals surface area contributed by atoms with Gasteiger partial charge in [-0.15, -0.1) is 0 Å². The number of fused-ring (bicyclic) bond motifs is 1. The van der Waals surface area contributed by atoms with Crippen molar-refractivity contribution in [3.05, 3.63) is 23.8 Å². The molecule has 21 heavy (non-hydrogen) atoms. The van der Waals surface area contributed by atoms with Crippen molar-refractivity contribution in [3.63, 3.8) is 0 Å². The van der Waals surface area contributed by atoms with E-state index in [9.17, 15) is 4.79 Å². The minimum Gasteiger partial charge on any atom is -0.398 e. The van der Waals surface area contributed by atoms with Crippen LogP contribution in [0.15, 0.2) is 18.2 Å². The van der Waals surface area contributed by atoms with E-state index >= 15 is 0 Å². The molecule has 0 aliphatic carbocycles. The Labute approximate surface area is 126 Å². The predicted molar refractivity (Wildman–Crippen MR) is 84.2 cm³/mol.